The SMILES string of the molecule is O=C(O)c1cn(-c2ccc(Cl)c([N+](=O)[O-])c2)cn1. The van der Waals surface area contributed by atoms with Crippen LogP contribution < -0.4 is 0 Å². The van der Waals surface area contributed by atoms with Crippen LogP contribution in [0, 0.1) is 10.1 Å². The highest BCUT2D eigenvalue weighted by Gasteiger charge is 2.14. The summed E-state index contributed by atoms with van der Waals surface area (Å²) in [4.78, 5) is 24.4. The Morgan fingerprint density at radius 1 is 1.50 bits per heavy atom. The molecular formula is C10H6ClN3O4. The lowest BCUT2D eigenvalue weighted by atomic mass is 10.3. The van der Waals surface area contributed by atoms with Gasteiger partial charge in [-0.05, 0) is 12.1 Å². The second-order valence-electron chi connectivity index (χ2n) is 3.36. The van der Waals surface area contributed by atoms with E-state index in [1.165, 1.54) is 35.3 Å². The van der Waals surface area contributed by atoms with Crippen molar-refractivity contribution in [3.63, 3.8) is 0 Å². The Labute approximate surface area is 105 Å². The van der Waals surface area contributed by atoms with Crippen LogP contribution in [0.2, 0.25) is 5.02 Å². The Kier molecular flexibility index (Phi) is 2.99. The minimum absolute atomic E-state index is 0.0160. The van der Waals surface area contributed by atoms with Gasteiger partial charge in [-0.1, -0.05) is 11.6 Å². The van der Waals surface area contributed by atoms with Crippen molar-refractivity contribution in [2.45, 2.75) is 0 Å². The van der Waals surface area contributed by atoms with E-state index in [-0.39, 0.29) is 16.4 Å². The van der Waals surface area contributed by atoms with Gasteiger partial charge in [0.1, 0.15) is 11.3 Å². The number of carbonyl (C=O) groups is 1. The molecule has 1 N–H and O–H groups in total. The quantitative estimate of drug-likeness (QED) is 0.678. The van der Waals surface area contributed by atoms with Crippen molar-refractivity contribution in [2.24, 2.45) is 0 Å². The number of carboxylic acid groups (broad SMARTS) is 1. The number of nitro benzene ring substituents is 1. The van der Waals surface area contributed by atoms with Crippen molar-refractivity contribution in [1.29, 1.82) is 0 Å². The van der Waals surface area contributed by atoms with E-state index >= 15 is 0 Å². The Morgan fingerprint density at radius 2 is 2.22 bits per heavy atom. The van der Waals surface area contributed by atoms with Crippen LogP contribution >= 0.6 is 11.6 Å². The van der Waals surface area contributed by atoms with Crippen molar-refractivity contribution in [2.75, 3.05) is 0 Å². The standard InChI is InChI=1S/C10H6ClN3O4/c11-7-2-1-6(3-9(7)14(17)18)13-4-8(10(15)16)12-5-13/h1-5H,(H,15,16). The summed E-state index contributed by atoms with van der Waals surface area (Å²) in [6, 6.07) is 4.15. The van der Waals surface area contributed by atoms with Crippen molar-refractivity contribution in [1.82, 2.24) is 9.55 Å². The second kappa shape index (κ2) is 4.46. The van der Waals surface area contributed by atoms with Gasteiger partial charge >= 0.3 is 5.97 Å². The fourth-order valence-electron chi connectivity index (χ4n) is 1.38. The third-order valence-corrected chi connectivity index (χ3v) is 2.55. The van der Waals surface area contributed by atoms with Crippen molar-refractivity contribution in [3.05, 3.63) is 51.6 Å². The van der Waals surface area contributed by atoms with Gasteiger partial charge < -0.3 is 9.67 Å². The molecule has 0 aliphatic carbocycles. The van der Waals surface area contributed by atoms with E-state index in [9.17, 15) is 14.9 Å². The van der Waals surface area contributed by atoms with Crippen LogP contribution in [0.3, 0.4) is 0 Å². The number of hydrogen-bond donors (Lipinski definition) is 1. The Bertz CT molecular complexity index is 638. The van der Waals surface area contributed by atoms with Crippen molar-refractivity contribution < 1.29 is 14.8 Å². The number of halogens is 1. The van der Waals surface area contributed by atoms with Crippen molar-refractivity contribution >= 4 is 23.3 Å². The highest BCUT2D eigenvalue weighted by molar-refractivity contribution is 6.32. The number of carboxylic acids is 1. The Hall–Kier alpha value is -2.41. The third-order valence-electron chi connectivity index (χ3n) is 2.23. The summed E-state index contributed by atoms with van der Waals surface area (Å²) in [6.45, 7) is 0. The molecular weight excluding hydrogens is 262 g/mol. The molecule has 0 aliphatic heterocycles. The maximum absolute atomic E-state index is 10.7. The number of aromatic carboxylic acids is 1. The average Bonchev–Trinajstić information content (AvgIpc) is 2.78. The number of nitro groups is 1. The normalized spacial score (nSPS) is 10.3. The molecule has 2 aromatic rings. The zero-order chi connectivity index (χ0) is 13.3. The van der Waals surface area contributed by atoms with E-state index in [0.717, 1.165) is 0 Å². The lowest BCUT2D eigenvalue weighted by Gasteiger charge is -2.02. The lowest BCUT2D eigenvalue weighted by Crippen LogP contribution is -1.96. The molecule has 0 bridgehead atoms. The third kappa shape index (κ3) is 2.16. The minimum atomic E-state index is -1.17. The molecule has 0 aliphatic rings. The van der Waals surface area contributed by atoms with Crippen LogP contribution in [0.15, 0.2) is 30.7 Å². The summed E-state index contributed by atoms with van der Waals surface area (Å²) in [5, 5.41) is 19.5. The average molecular weight is 268 g/mol. The number of aromatic nitrogens is 2. The van der Waals surface area contributed by atoms with Gasteiger partial charge in [-0.3, -0.25) is 10.1 Å². The van der Waals surface area contributed by atoms with Gasteiger partial charge in [-0.2, -0.15) is 0 Å². The molecule has 18 heavy (non-hydrogen) atoms. The van der Waals surface area contributed by atoms with Crippen LogP contribution in [0.5, 0.6) is 0 Å². The first kappa shape index (κ1) is 12.1. The number of nitrogens with zero attached hydrogens (tertiary/aromatic N) is 3. The molecule has 1 aromatic heterocycles. The number of hydrogen-bond acceptors (Lipinski definition) is 4. The summed E-state index contributed by atoms with van der Waals surface area (Å²) < 4.78 is 1.37. The van der Waals surface area contributed by atoms with Crippen LogP contribution in [0.25, 0.3) is 5.69 Å². The molecule has 0 spiro atoms. The first-order valence-electron chi connectivity index (χ1n) is 4.70. The second-order valence-corrected chi connectivity index (χ2v) is 3.77. The maximum Gasteiger partial charge on any atom is 0.356 e. The maximum atomic E-state index is 10.7. The van der Waals surface area contributed by atoms with Gasteiger partial charge in [0.2, 0.25) is 0 Å². The fourth-order valence-corrected chi connectivity index (χ4v) is 1.56. The van der Waals surface area contributed by atoms with Crippen LogP contribution in [-0.4, -0.2) is 25.6 Å². The zero-order valence-electron chi connectivity index (χ0n) is 8.78. The summed E-state index contributed by atoms with van der Waals surface area (Å²) >= 11 is 5.67. The monoisotopic (exact) mass is 267 g/mol. The minimum Gasteiger partial charge on any atom is -0.476 e. The van der Waals surface area contributed by atoms with E-state index in [1.54, 1.807) is 0 Å². The molecule has 0 amide bonds. The van der Waals surface area contributed by atoms with E-state index in [0.29, 0.717) is 5.69 Å². The molecule has 1 aromatic carbocycles. The molecule has 0 unspecified atom stereocenters. The Morgan fingerprint density at radius 3 is 2.78 bits per heavy atom. The summed E-state index contributed by atoms with van der Waals surface area (Å²) in [5.41, 5.74) is 0.0124. The zero-order valence-corrected chi connectivity index (χ0v) is 9.53. The first-order valence-corrected chi connectivity index (χ1v) is 5.08. The van der Waals surface area contributed by atoms with Gasteiger partial charge in [-0.25, -0.2) is 9.78 Å². The first-order chi connectivity index (χ1) is 8.49. The molecule has 92 valence electrons. The molecule has 0 saturated heterocycles. The van der Waals surface area contributed by atoms with Gasteiger partial charge in [-0.15, -0.1) is 0 Å². The predicted octanol–water partition coefficient (Wildman–Crippen LogP) is 2.13. The van der Waals surface area contributed by atoms with E-state index < -0.39 is 10.9 Å². The molecule has 0 atom stereocenters. The van der Waals surface area contributed by atoms with E-state index in [2.05, 4.69) is 4.98 Å². The van der Waals surface area contributed by atoms with E-state index in [1.807, 2.05) is 0 Å². The fraction of sp³-hybridized carbons (Fsp3) is 0. The molecule has 0 radical (unpaired) electrons. The Balaban J connectivity index is 2.47. The van der Waals surface area contributed by atoms with Gasteiger partial charge in [0.25, 0.3) is 5.69 Å². The number of imidazole rings is 1. The molecule has 0 fully saturated rings. The molecule has 1 heterocycles. The van der Waals surface area contributed by atoms with Crippen molar-refractivity contribution in [3.8, 4) is 5.69 Å². The molecule has 0 saturated carbocycles. The lowest BCUT2D eigenvalue weighted by molar-refractivity contribution is -0.384. The summed E-state index contributed by atoms with van der Waals surface area (Å²) in [6.07, 6.45) is 2.52. The highest BCUT2D eigenvalue weighted by Crippen LogP contribution is 2.26. The molecule has 8 heteroatoms. The number of benzene rings is 1. The topological polar surface area (TPSA) is 98.3 Å². The predicted molar refractivity (Wildman–Crippen MR) is 62.2 cm³/mol. The van der Waals surface area contributed by atoms with Crippen LogP contribution in [0.4, 0.5) is 5.69 Å². The summed E-state index contributed by atoms with van der Waals surface area (Å²) in [7, 11) is 0. The van der Waals surface area contributed by atoms with Gasteiger partial charge in [0, 0.05) is 12.3 Å². The summed E-state index contributed by atoms with van der Waals surface area (Å²) in [5.74, 6) is -1.17. The molecule has 2 rings (SSSR count). The smallest absolute Gasteiger partial charge is 0.356 e. The highest BCUT2D eigenvalue weighted by atomic mass is 35.5. The van der Waals surface area contributed by atoms with Gasteiger partial charge in [0.05, 0.1) is 10.6 Å². The molecule has 7 nitrogen and oxygen atoms in total. The van der Waals surface area contributed by atoms with Crippen LogP contribution in [0.1, 0.15) is 10.5 Å². The number of rotatable bonds is 3. The van der Waals surface area contributed by atoms with E-state index in [4.69, 9.17) is 16.7 Å². The van der Waals surface area contributed by atoms with Gasteiger partial charge in [0.15, 0.2) is 5.69 Å². The van der Waals surface area contributed by atoms with Crippen LogP contribution in [-0.2, 0) is 0 Å². The largest absolute Gasteiger partial charge is 0.476 e.